The minimum Gasteiger partial charge on any atom is -0.508 e. The Morgan fingerprint density at radius 3 is 2.94 bits per heavy atom. The zero-order chi connectivity index (χ0) is 13.0. The summed E-state index contributed by atoms with van der Waals surface area (Å²) in [5, 5.41) is 16.5. The highest BCUT2D eigenvalue weighted by Gasteiger charge is 2.08. The fourth-order valence-electron chi connectivity index (χ4n) is 1.56. The molecule has 1 heterocycles. The number of phenols is 1. The highest BCUT2D eigenvalue weighted by atomic mass is 16.5. The molecule has 0 unspecified atom stereocenters. The van der Waals surface area contributed by atoms with E-state index in [1.807, 2.05) is 6.07 Å². The van der Waals surface area contributed by atoms with Crippen molar-refractivity contribution in [2.45, 2.75) is 20.4 Å². The molecular weight excluding hydrogens is 230 g/mol. The van der Waals surface area contributed by atoms with Crippen LogP contribution in [0, 0.1) is 5.92 Å². The van der Waals surface area contributed by atoms with Gasteiger partial charge < -0.3 is 14.9 Å². The monoisotopic (exact) mass is 247 g/mol. The standard InChI is InChI=1S/C13H17N3O2/c1-9(2)7-14-8-12-15-13(16-18-12)10-4-3-5-11(17)6-10/h3-6,9,14,17H,7-8H2,1-2H3. The number of rotatable bonds is 5. The van der Waals surface area contributed by atoms with Crippen LogP contribution >= 0.6 is 0 Å². The summed E-state index contributed by atoms with van der Waals surface area (Å²) in [7, 11) is 0. The Kier molecular flexibility index (Phi) is 3.94. The molecule has 1 aromatic heterocycles. The SMILES string of the molecule is CC(C)CNCc1nc(-c2cccc(O)c2)no1. The maximum Gasteiger partial charge on any atom is 0.240 e. The Labute approximate surface area is 106 Å². The molecule has 0 saturated heterocycles. The van der Waals surface area contributed by atoms with Crippen molar-refractivity contribution < 1.29 is 9.63 Å². The van der Waals surface area contributed by atoms with Gasteiger partial charge in [-0.1, -0.05) is 31.1 Å². The molecule has 18 heavy (non-hydrogen) atoms. The van der Waals surface area contributed by atoms with Crippen molar-refractivity contribution >= 4 is 0 Å². The van der Waals surface area contributed by atoms with Gasteiger partial charge in [-0.3, -0.25) is 0 Å². The van der Waals surface area contributed by atoms with Crippen molar-refractivity contribution in [3.8, 4) is 17.1 Å². The summed E-state index contributed by atoms with van der Waals surface area (Å²) in [6.45, 7) is 5.74. The number of nitrogens with one attached hydrogen (secondary N) is 1. The molecule has 0 aliphatic rings. The third-order valence-corrected chi connectivity index (χ3v) is 2.40. The number of phenolic OH excluding ortho intramolecular Hbond substituents is 1. The van der Waals surface area contributed by atoms with E-state index in [2.05, 4.69) is 29.3 Å². The van der Waals surface area contributed by atoms with Gasteiger partial charge in [0.15, 0.2) is 0 Å². The summed E-state index contributed by atoms with van der Waals surface area (Å²) in [4.78, 5) is 4.27. The van der Waals surface area contributed by atoms with Crippen molar-refractivity contribution in [2.75, 3.05) is 6.54 Å². The summed E-state index contributed by atoms with van der Waals surface area (Å²) in [5.74, 6) is 1.82. The number of aromatic hydroxyl groups is 1. The van der Waals surface area contributed by atoms with Gasteiger partial charge in [0.05, 0.1) is 6.54 Å². The fraction of sp³-hybridized carbons (Fsp3) is 0.385. The van der Waals surface area contributed by atoms with Gasteiger partial charge in [-0.15, -0.1) is 0 Å². The Morgan fingerprint density at radius 1 is 1.39 bits per heavy atom. The third kappa shape index (κ3) is 3.30. The highest BCUT2D eigenvalue weighted by molar-refractivity contribution is 5.56. The zero-order valence-corrected chi connectivity index (χ0v) is 10.6. The van der Waals surface area contributed by atoms with Crippen molar-refractivity contribution in [1.82, 2.24) is 15.5 Å². The Hall–Kier alpha value is -1.88. The molecule has 0 amide bonds. The molecule has 0 radical (unpaired) electrons. The lowest BCUT2D eigenvalue weighted by molar-refractivity contribution is 0.364. The Bertz CT molecular complexity index is 508. The van der Waals surface area contributed by atoms with Crippen LogP contribution in [0.2, 0.25) is 0 Å². The smallest absolute Gasteiger partial charge is 0.240 e. The van der Waals surface area contributed by atoms with Gasteiger partial charge in [0.25, 0.3) is 0 Å². The summed E-state index contributed by atoms with van der Waals surface area (Å²) in [5.41, 5.74) is 0.744. The molecule has 0 bridgehead atoms. The quantitative estimate of drug-likeness (QED) is 0.847. The first-order valence-corrected chi connectivity index (χ1v) is 5.98. The van der Waals surface area contributed by atoms with E-state index in [9.17, 15) is 5.11 Å². The van der Waals surface area contributed by atoms with E-state index in [-0.39, 0.29) is 5.75 Å². The van der Waals surface area contributed by atoms with Crippen LogP contribution in [0.15, 0.2) is 28.8 Å². The van der Waals surface area contributed by atoms with Crippen molar-refractivity contribution in [1.29, 1.82) is 0 Å². The van der Waals surface area contributed by atoms with Crippen molar-refractivity contribution in [3.63, 3.8) is 0 Å². The van der Waals surface area contributed by atoms with Crippen LogP contribution in [0.3, 0.4) is 0 Å². The number of hydrogen-bond acceptors (Lipinski definition) is 5. The molecule has 96 valence electrons. The molecule has 2 rings (SSSR count). The Morgan fingerprint density at radius 2 is 2.22 bits per heavy atom. The summed E-state index contributed by atoms with van der Waals surface area (Å²) in [6, 6.07) is 6.79. The average Bonchev–Trinajstić information content (AvgIpc) is 2.77. The summed E-state index contributed by atoms with van der Waals surface area (Å²) < 4.78 is 5.14. The molecule has 0 saturated carbocycles. The van der Waals surface area contributed by atoms with Crippen LogP contribution in [0.25, 0.3) is 11.4 Å². The van der Waals surface area contributed by atoms with Gasteiger partial charge in [-0.05, 0) is 24.6 Å². The highest BCUT2D eigenvalue weighted by Crippen LogP contribution is 2.20. The van der Waals surface area contributed by atoms with Crippen LogP contribution in [-0.4, -0.2) is 21.8 Å². The van der Waals surface area contributed by atoms with Crippen LogP contribution in [0.4, 0.5) is 0 Å². The molecule has 0 atom stereocenters. The minimum atomic E-state index is 0.191. The fourth-order valence-corrected chi connectivity index (χ4v) is 1.56. The molecule has 2 aromatic rings. The van der Waals surface area contributed by atoms with Crippen molar-refractivity contribution in [3.05, 3.63) is 30.2 Å². The lowest BCUT2D eigenvalue weighted by Gasteiger charge is -2.03. The number of hydrogen-bond donors (Lipinski definition) is 2. The second kappa shape index (κ2) is 5.64. The average molecular weight is 247 g/mol. The van der Waals surface area contributed by atoms with Crippen LogP contribution in [0.5, 0.6) is 5.75 Å². The zero-order valence-electron chi connectivity index (χ0n) is 10.6. The van der Waals surface area contributed by atoms with Gasteiger partial charge >= 0.3 is 0 Å². The number of nitrogens with zero attached hydrogens (tertiary/aromatic N) is 2. The van der Waals surface area contributed by atoms with E-state index in [0.29, 0.717) is 24.2 Å². The van der Waals surface area contributed by atoms with E-state index in [0.717, 1.165) is 12.1 Å². The lowest BCUT2D eigenvalue weighted by atomic mass is 10.2. The molecule has 0 fully saturated rings. The maximum atomic E-state index is 9.39. The molecule has 2 N–H and O–H groups in total. The van der Waals surface area contributed by atoms with E-state index >= 15 is 0 Å². The van der Waals surface area contributed by atoms with Gasteiger partial charge in [-0.25, -0.2) is 0 Å². The number of aromatic nitrogens is 2. The largest absolute Gasteiger partial charge is 0.508 e. The first-order valence-electron chi connectivity index (χ1n) is 5.98. The number of benzene rings is 1. The van der Waals surface area contributed by atoms with Gasteiger partial charge in [-0.2, -0.15) is 4.98 Å². The normalized spacial score (nSPS) is 11.1. The third-order valence-electron chi connectivity index (χ3n) is 2.40. The molecule has 0 aliphatic carbocycles. The van der Waals surface area contributed by atoms with E-state index in [4.69, 9.17) is 4.52 Å². The molecule has 0 aliphatic heterocycles. The molecule has 1 aromatic carbocycles. The molecule has 5 nitrogen and oxygen atoms in total. The predicted octanol–water partition coefficient (Wildman–Crippen LogP) is 2.19. The van der Waals surface area contributed by atoms with Gasteiger partial charge in [0.1, 0.15) is 5.75 Å². The second-order valence-electron chi connectivity index (χ2n) is 4.59. The minimum absolute atomic E-state index is 0.191. The van der Waals surface area contributed by atoms with Crippen LogP contribution < -0.4 is 5.32 Å². The summed E-state index contributed by atoms with van der Waals surface area (Å²) in [6.07, 6.45) is 0. The summed E-state index contributed by atoms with van der Waals surface area (Å²) >= 11 is 0. The van der Waals surface area contributed by atoms with Gasteiger partial charge in [0.2, 0.25) is 11.7 Å². The van der Waals surface area contributed by atoms with E-state index in [1.54, 1.807) is 18.2 Å². The van der Waals surface area contributed by atoms with E-state index in [1.165, 1.54) is 0 Å². The molecule has 0 spiro atoms. The first kappa shape index (κ1) is 12.6. The topological polar surface area (TPSA) is 71.2 Å². The Balaban J connectivity index is 2.02. The first-order chi connectivity index (χ1) is 8.65. The van der Waals surface area contributed by atoms with Crippen molar-refractivity contribution in [2.24, 2.45) is 5.92 Å². The predicted molar refractivity (Wildman–Crippen MR) is 67.9 cm³/mol. The van der Waals surface area contributed by atoms with Crippen LogP contribution in [-0.2, 0) is 6.54 Å². The lowest BCUT2D eigenvalue weighted by Crippen LogP contribution is -2.19. The van der Waals surface area contributed by atoms with Crippen LogP contribution in [0.1, 0.15) is 19.7 Å². The maximum absolute atomic E-state index is 9.39. The van der Waals surface area contributed by atoms with E-state index < -0.39 is 0 Å². The molecule has 5 heteroatoms. The second-order valence-corrected chi connectivity index (χ2v) is 4.59. The van der Waals surface area contributed by atoms with Gasteiger partial charge in [0, 0.05) is 5.56 Å². The molecular formula is C13H17N3O2.